The molecule has 3 aromatic rings. The Hall–Kier alpha value is -2.61. The van der Waals surface area contributed by atoms with E-state index in [-0.39, 0.29) is 6.04 Å². The van der Waals surface area contributed by atoms with Crippen molar-refractivity contribution >= 4 is 11.5 Å². The molecule has 0 radical (unpaired) electrons. The summed E-state index contributed by atoms with van der Waals surface area (Å²) in [6.45, 7) is 1.85. The van der Waals surface area contributed by atoms with E-state index in [1.807, 2.05) is 13.0 Å². The quantitative estimate of drug-likeness (QED) is 0.690. The molecule has 4 rings (SSSR count). The van der Waals surface area contributed by atoms with Crippen LogP contribution in [0.25, 0.3) is 16.9 Å². The van der Waals surface area contributed by atoms with E-state index in [2.05, 4.69) is 15.4 Å². The van der Waals surface area contributed by atoms with Gasteiger partial charge in [0.05, 0.1) is 23.1 Å². The summed E-state index contributed by atoms with van der Waals surface area (Å²) in [5.41, 5.74) is 0.140. The van der Waals surface area contributed by atoms with Gasteiger partial charge in [-0.1, -0.05) is 12.1 Å². The summed E-state index contributed by atoms with van der Waals surface area (Å²) in [6, 6.07) is 8.94. The van der Waals surface area contributed by atoms with Gasteiger partial charge in [-0.2, -0.15) is 13.2 Å². The molecule has 5 nitrogen and oxygen atoms in total. The van der Waals surface area contributed by atoms with Crippen LogP contribution in [0.5, 0.6) is 0 Å². The number of hydrogen-bond acceptors (Lipinski definition) is 4. The number of nitrogens with zero attached hydrogens (tertiary/aromatic N) is 3. The fraction of sp³-hybridized carbons (Fsp3) is 0.400. The van der Waals surface area contributed by atoms with Gasteiger partial charge in [0.15, 0.2) is 5.65 Å². The number of nitrogens with one attached hydrogen (secondary N) is 1. The second-order valence-corrected chi connectivity index (χ2v) is 7.63. The number of benzene rings is 1. The number of alkyl halides is 3. The van der Waals surface area contributed by atoms with Gasteiger partial charge in [-0.25, -0.2) is 9.50 Å². The maximum atomic E-state index is 13.0. The lowest BCUT2D eigenvalue weighted by atomic mass is 9.84. The number of halogens is 3. The predicted octanol–water partition coefficient (Wildman–Crippen LogP) is 4.52. The molecule has 148 valence electrons. The molecule has 2 aromatic heterocycles. The van der Waals surface area contributed by atoms with E-state index < -0.39 is 17.3 Å². The molecule has 1 aliphatic carbocycles. The van der Waals surface area contributed by atoms with Crippen LogP contribution in [0.3, 0.4) is 0 Å². The SMILES string of the molecule is C[C@]1(O)CC[C@H](Nc2ccc3ncc(-c4cccc(C(F)(F)F)c4)n3n2)CC1. The summed E-state index contributed by atoms with van der Waals surface area (Å²) >= 11 is 0. The number of hydrogen-bond donors (Lipinski definition) is 2. The van der Waals surface area contributed by atoms with Crippen molar-refractivity contribution in [3.63, 3.8) is 0 Å². The van der Waals surface area contributed by atoms with E-state index >= 15 is 0 Å². The average Bonchev–Trinajstić information content (AvgIpc) is 3.06. The van der Waals surface area contributed by atoms with Crippen LogP contribution in [0, 0.1) is 0 Å². The molecule has 0 aliphatic heterocycles. The fourth-order valence-corrected chi connectivity index (χ4v) is 3.60. The third kappa shape index (κ3) is 3.82. The molecule has 0 atom stereocenters. The van der Waals surface area contributed by atoms with E-state index in [9.17, 15) is 18.3 Å². The summed E-state index contributed by atoms with van der Waals surface area (Å²) in [5.74, 6) is 0.630. The lowest BCUT2D eigenvalue weighted by Crippen LogP contribution is -2.36. The Balaban J connectivity index is 1.62. The lowest BCUT2D eigenvalue weighted by Gasteiger charge is -2.33. The van der Waals surface area contributed by atoms with Gasteiger partial charge in [-0.3, -0.25) is 0 Å². The monoisotopic (exact) mass is 390 g/mol. The molecule has 1 aliphatic rings. The molecular weight excluding hydrogens is 369 g/mol. The number of anilines is 1. The number of rotatable bonds is 3. The Kier molecular flexibility index (Phi) is 4.53. The Morgan fingerprint density at radius 1 is 1.18 bits per heavy atom. The number of imidazole rings is 1. The third-order valence-corrected chi connectivity index (χ3v) is 5.26. The third-order valence-electron chi connectivity index (χ3n) is 5.26. The number of aromatic nitrogens is 3. The van der Waals surface area contributed by atoms with Gasteiger partial charge in [0, 0.05) is 11.6 Å². The predicted molar refractivity (Wildman–Crippen MR) is 99.9 cm³/mol. The van der Waals surface area contributed by atoms with Crippen LogP contribution >= 0.6 is 0 Å². The largest absolute Gasteiger partial charge is 0.416 e. The highest BCUT2D eigenvalue weighted by molar-refractivity contribution is 5.64. The molecule has 0 amide bonds. The van der Waals surface area contributed by atoms with Crippen LogP contribution in [0.1, 0.15) is 38.2 Å². The van der Waals surface area contributed by atoms with Crippen LogP contribution in [0.15, 0.2) is 42.6 Å². The van der Waals surface area contributed by atoms with Crippen molar-refractivity contribution in [3.05, 3.63) is 48.2 Å². The van der Waals surface area contributed by atoms with Gasteiger partial charge < -0.3 is 10.4 Å². The highest BCUT2D eigenvalue weighted by Gasteiger charge is 2.31. The molecule has 2 N–H and O–H groups in total. The lowest BCUT2D eigenvalue weighted by molar-refractivity contribution is -0.137. The molecule has 2 heterocycles. The molecule has 28 heavy (non-hydrogen) atoms. The Bertz CT molecular complexity index is 987. The zero-order valence-electron chi connectivity index (χ0n) is 15.4. The summed E-state index contributed by atoms with van der Waals surface area (Å²) in [5, 5.41) is 18.0. The molecule has 0 saturated heterocycles. The molecule has 0 spiro atoms. The van der Waals surface area contributed by atoms with Crippen molar-refractivity contribution < 1.29 is 18.3 Å². The molecule has 1 saturated carbocycles. The fourth-order valence-electron chi connectivity index (χ4n) is 3.60. The van der Waals surface area contributed by atoms with Gasteiger partial charge in [0.1, 0.15) is 5.82 Å². The first kappa shape index (κ1) is 18.7. The second kappa shape index (κ2) is 6.77. The smallest absolute Gasteiger partial charge is 0.390 e. The van der Waals surface area contributed by atoms with Crippen molar-refractivity contribution in [1.29, 1.82) is 0 Å². The normalized spacial score (nSPS) is 23.1. The molecule has 1 fully saturated rings. The Labute approximate surface area is 160 Å². The number of aliphatic hydroxyl groups is 1. The van der Waals surface area contributed by atoms with Crippen molar-refractivity contribution in [2.45, 2.75) is 50.4 Å². The van der Waals surface area contributed by atoms with Crippen molar-refractivity contribution in [1.82, 2.24) is 14.6 Å². The average molecular weight is 390 g/mol. The van der Waals surface area contributed by atoms with E-state index in [1.54, 1.807) is 16.6 Å². The summed E-state index contributed by atoms with van der Waals surface area (Å²) < 4.78 is 40.7. The highest BCUT2D eigenvalue weighted by Crippen LogP contribution is 2.33. The van der Waals surface area contributed by atoms with Crippen LogP contribution in [0.4, 0.5) is 19.0 Å². The van der Waals surface area contributed by atoms with Crippen molar-refractivity contribution in [3.8, 4) is 11.3 Å². The van der Waals surface area contributed by atoms with Gasteiger partial charge in [0.25, 0.3) is 0 Å². The van der Waals surface area contributed by atoms with Crippen LogP contribution in [-0.4, -0.2) is 31.3 Å². The maximum absolute atomic E-state index is 13.0. The zero-order chi connectivity index (χ0) is 19.9. The molecule has 8 heteroatoms. The van der Waals surface area contributed by atoms with E-state index in [0.29, 0.717) is 35.6 Å². The zero-order valence-corrected chi connectivity index (χ0v) is 15.4. The van der Waals surface area contributed by atoms with Gasteiger partial charge >= 0.3 is 6.18 Å². The van der Waals surface area contributed by atoms with E-state index in [4.69, 9.17) is 0 Å². The summed E-state index contributed by atoms with van der Waals surface area (Å²) in [7, 11) is 0. The minimum Gasteiger partial charge on any atom is -0.390 e. The number of fused-ring (bicyclic) bond motifs is 1. The summed E-state index contributed by atoms with van der Waals surface area (Å²) in [6.07, 6.45) is 0.216. The molecule has 1 aromatic carbocycles. The molecule has 0 bridgehead atoms. The first-order valence-corrected chi connectivity index (χ1v) is 9.23. The Morgan fingerprint density at radius 2 is 1.93 bits per heavy atom. The van der Waals surface area contributed by atoms with Crippen LogP contribution in [0.2, 0.25) is 0 Å². The maximum Gasteiger partial charge on any atom is 0.416 e. The van der Waals surface area contributed by atoms with Crippen LogP contribution < -0.4 is 5.32 Å². The summed E-state index contributed by atoms with van der Waals surface area (Å²) in [4.78, 5) is 4.25. The van der Waals surface area contributed by atoms with Crippen molar-refractivity contribution in [2.75, 3.05) is 5.32 Å². The first-order chi connectivity index (χ1) is 13.2. The molecular formula is C20H21F3N4O. The second-order valence-electron chi connectivity index (χ2n) is 7.63. The highest BCUT2D eigenvalue weighted by atomic mass is 19.4. The standard InChI is InChI=1S/C20H21F3N4O/c1-19(28)9-7-15(8-10-19)25-17-5-6-18-24-12-16(27(18)26-17)13-3-2-4-14(11-13)20(21,22)23/h2-6,11-12,15,28H,7-10H2,1H3,(H,25,26)/t15-,19-. The first-order valence-electron chi connectivity index (χ1n) is 9.23. The topological polar surface area (TPSA) is 62.5 Å². The van der Waals surface area contributed by atoms with Gasteiger partial charge in [0.2, 0.25) is 0 Å². The van der Waals surface area contributed by atoms with Gasteiger partial charge in [-0.05, 0) is 56.9 Å². The van der Waals surface area contributed by atoms with E-state index in [0.717, 1.165) is 25.0 Å². The minimum absolute atomic E-state index is 0.200. The van der Waals surface area contributed by atoms with Crippen LogP contribution in [-0.2, 0) is 6.18 Å². The van der Waals surface area contributed by atoms with Gasteiger partial charge in [-0.15, -0.1) is 5.10 Å². The Morgan fingerprint density at radius 3 is 2.64 bits per heavy atom. The van der Waals surface area contributed by atoms with E-state index in [1.165, 1.54) is 12.3 Å². The molecule has 0 unspecified atom stereocenters. The minimum atomic E-state index is -4.40. The van der Waals surface area contributed by atoms with Crippen molar-refractivity contribution in [2.24, 2.45) is 0 Å².